The molecule has 0 radical (unpaired) electrons. The van der Waals surface area contributed by atoms with Crippen LogP contribution in [0.4, 0.5) is 0 Å². The van der Waals surface area contributed by atoms with Crippen LogP contribution in [-0.2, 0) is 9.53 Å². The van der Waals surface area contributed by atoms with Crippen LogP contribution in [0.3, 0.4) is 0 Å². The summed E-state index contributed by atoms with van der Waals surface area (Å²) >= 11 is 0. The van der Waals surface area contributed by atoms with E-state index >= 15 is 0 Å². The average Bonchev–Trinajstić information content (AvgIpc) is 1.99. The molecule has 1 unspecified atom stereocenters. The van der Waals surface area contributed by atoms with Gasteiger partial charge in [0, 0.05) is 0 Å². The highest BCUT2D eigenvalue weighted by atomic mass is 16.5. The molecule has 2 nitrogen and oxygen atoms in total. The molecule has 1 atom stereocenters. The van der Waals surface area contributed by atoms with Crippen LogP contribution in [0.25, 0.3) is 0 Å². The average molecular weight is 186 g/mol. The number of hydrogen-bond donors (Lipinski definition) is 0. The predicted molar refractivity (Wildman–Crippen MR) is 54.4 cm³/mol. The molecular formula is C11H22O2. The van der Waals surface area contributed by atoms with Crippen molar-refractivity contribution in [3.8, 4) is 0 Å². The molecule has 2 heteroatoms. The van der Waals surface area contributed by atoms with Crippen LogP contribution in [-0.4, -0.2) is 12.6 Å². The van der Waals surface area contributed by atoms with Crippen molar-refractivity contribution in [2.75, 3.05) is 6.61 Å². The van der Waals surface area contributed by atoms with Crippen molar-refractivity contribution in [1.29, 1.82) is 0 Å². The smallest absolute Gasteiger partial charge is 0.309 e. The van der Waals surface area contributed by atoms with Gasteiger partial charge in [-0.2, -0.15) is 0 Å². The molecular weight excluding hydrogens is 164 g/mol. The van der Waals surface area contributed by atoms with Gasteiger partial charge in [-0.05, 0) is 25.2 Å². The number of carbonyl (C=O) groups excluding carboxylic acids is 1. The fourth-order valence-corrected chi connectivity index (χ4v) is 1.40. The second-order valence-corrected chi connectivity index (χ2v) is 4.23. The lowest BCUT2D eigenvalue weighted by Crippen LogP contribution is -2.24. The number of carbonyl (C=O) groups is 1. The molecule has 0 N–H and O–H groups in total. The van der Waals surface area contributed by atoms with Crippen molar-refractivity contribution in [3.63, 3.8) is 0 Å². The van der Waals surface area contributed by atoms with Crippen LogP contribution in [0, 0.1) is 17.8 Å². The van der Waals surface area contributed by atoms with E-state index in [-0.39, 0.29) is 11.9 Å². The Morgan fingerprint density at radius 3 is 2.08 bits per heavy atom. The van der Waals surface area contributed by atoms with Crippen LogP contribution >= 0.6 is 0 Å². The summed E-state index contributed by atoms with van der Waals surface area (Å²) in [4.78, 5) is 11.5. The van der Waals surface area contributed by atoms with E-state index in [1.165, 1.54) is 0 Å². The first-order valence-electron chi connectivity index (χ1n) is 5.15. The maximum absolute atomic E-state index is 11.5. The molecule has 13 heavy (non-hydrogen) atoms. The first kappa shape index (κ1) is 12.5. The zero-order valence-corrected chi connectivity index (χ0v) is 9.46. The van der Waals surface area contributed by atoms with E-state index in [9.17, 15) is 4.79 Å². The van der Waals surface area contributed by atoms with Crippen LogP contribution in [0.2, 0.25) is 0 Å². The molecule has 78 valence electrons. The fraction of sp³-hybridized carbons (Fsp3) is 0.909. The van der Waals surface area contributed by atoms with Gasteiger partial charge in [-0.15, -0.1) is 0 Å². The van der Waals surface area contributed by atoms with Crippen molar-refractivity contribution in [3.05, 3.63) is 0 Å². The highest BCUT2D eigenvalue weighted by Crippen LogP contribution is 2.21. The molecule has 0 heterocycles. The predicted octanol–water partition coefficient (Wildman–Crippen LogP) is 2.87. The third kappa shape index (κ3) is 4.91. The van der Waals surface area contributed by atoms with Crippen LogP contribution in [0.1, 0.15) is 41.0 Å². The van der Waals surface area contributed by atoms with Gasteiger partial charge in [0.25, 0.3) is 0 Å². The summed E-state index contributed by atoms with van der Waals surface area (Å²) in [6.45, 7) is 10.8. The number of ether oxygens (including phenoxy) is 1. The normalized spacial score (nSPS) is 13.5. The van der Waals surface area contributed by atoms with Gasteiger partial charge >= 0.3 is 5.97 Å². The van der Waals surface area contributed by atoms with Crippen LogP contribution in [0.15, 0.2) is 0 Å². The number of hydrogen-bond acceptors (Lipinski definition) is 2. The maximum atomic E-state index is 11.5. The van der Waals surface area contributed by atoms with Crippen LogP contribution < -0.4 is 0 Å². The topological polar surface area (TPSA) is 26.3 Å². The van der Waals surface area contributed by atoms with Crippen molar-refractivity contribution >= 4 is 5.97 Å². The van der Waals surface area contributed by atoms with Crippen molar-refractivity contribution in [2.45, 2.75) is 41.0 Å². The van der Waals surface area contributed by atoms with E-state index in [0.29, 0.717) is 18.4 Å². The van der Waals surface area contributed by atoms with Gasteiger partial charge in [0.15, 0.2) is 0 Å². The first-order valence-corrected chi connectivity index (χ1v) is 5.15. The summed E-state index contributed by atoms with van der Waals surface area (Å²) in [5, 5.41) is 0. The van der Waals surface area contributed by atoms with Crippen LogP contribution in [0.5, 0.6) is 0 Å². The molecule has 0 saturated heterocycles. The monoisotopic (exact) mass is 186 g/mol. The van der Waals surface area contributed by atoms with E-state index in [0.717, 1.165) is 6.42 Å². The Hall–Kier alpha value is -0.530. The third-order valence-electron chi connectivity index (χ3n) is 2.12. The van der Waals surface area contributed by atoms with Gasteiger partial charge in [0.05, 0.1) is 12.5 Å². The molecule has 0 aliphatic carbocycles. The maximum Gasteiger partial charge on any atom is 0.309 e. The Morgan fingerprint density at radius 1 is 1.23 bits per heavy atom. The molecule has 0 bridgehead atoms. The SMILES string of the molecule is CCOC(=O)C(CC(C)C)C(C)C. The molecule has 0 saturated carbocycles. The van der Waals surface area contributed by atoms with Gasteiger partial charge in [-0.25, -0.2) is 0 Å². The minimum Gasteiger partial charge on any atom is -0.466 e. The minimum atomic E-state index is -0.0359. The summed E-state index contributed by atoms with van der Waals surface area (Å²) in [7, 11) is 0. The summed E-state index contributed by atoms with van der Waals surface area (Å²) < 4.78 is 5.03. The molecule has 0 aliphatic rings. The lowest BCUT2D eigenvalue weighted by Gasteiger charge is -2.20. The fourth-order valence-electron chi connectivity index (χ4n) is 1.40. The highest BCUT2D eigenvalue weighted by molar-refractivity contribution is 5.72. The first-order chi connectivity index (χ1) is 5.99. The standard InChI is InChI=1S/C11H22O2/c1-6-13-11(12)10(9(4)5)7-8(2)3/h8-10H,6-7H2,1-5H3. The van der Waals surface area contributed by atoms with Crippen molar-refractivity contribution in [1.82, 2.24) is 0 Å². The molecule has 0 amide bonds. The third-order valence-corrected chi connectivity index (χ3v) is 2.12. The minimum absolute atomic E-state index is 0.0359. The van der Waals surface area contributed by atoms with E-state index in [2.05, 4.69) is 27.7 Å². The molecule has 0 aromatic rings. The highest BCUT2D eigenvalue weighted by Gasteiger charge is 2.23. The van der Waals surface area contributed by atoms with Crippen molar-refractivity contribution < 1.29 is 9.53 Å². The zero-order chi connectivity index (χ0) is 10.4. The molecule has 0 aromatic heterocycles. The summed E-state index contributed by atoms with van der Waals surface area (Å²) in [6.07, 6.45) is 0.927. The lowest BCUT2D eigenvalue weighted by atomic mass is 9.88. The Balaban J connectivity index is 4.15. The molecule has 0 aliphatic heterocycles. The van der Waals surface area contributed by atoms with E-state index < -0.39 is 0 Å². The van der Waals surface area contributed by atoms with Gasteiger partial charge in [0.2, 0.25) is 0 Å². The largest absolute Gasteiger partial charge is 0.466 e. The zero-order valence-electron chi connectivity index (χ0n) is 9.46. The Labute approximate surface area is 81.7 Å². The Bertz CT molecular complexity index is 150. The van der Waals surface area contributed by atoms with Crippen molar-refractivity contribution in [2.24, 2.45) is 17.8 Å². The molecule has 0 rings (SSSR count). The second kappa shape index (κ2) is 6.01. The molecule has 0 spiro atoms. The Kier molecular flexibility index (Phi) is 5.76. The molecule has 0 fully saturated rings. The summed E-state index contributed by atoms with van der Waals surface area (Å²) in [5.74, 6) is 0.962. The Morgan fingerprint density at radius 2 is 1.77 bits per heavy atom. The quantitative estimate of drug-likeness (QED) is 0.617. The van der Waals surface area contributed by atoms with E-state index in [1.54, 1.807) is 0 Å². The van der Waals surface area contributed by atoms with E-state index in [1.807, 2.05) is 6.92 Å². The summed E-state index contributed by atoms with van der Waals surface area (Å²) in [6, 6.07) is 0. The number of esters is 1. The summed E-state index contributed by atoms with van der Waals surface area (Å²) in [5.41, 5.74) is 0. The molecule has 0 aromatic carbocycles. The van der Waals surface area contributed by atoms with E-state index in [4.69, 9.17) is 4.74 Å². The van der Waals surface area contributed by atoms with Gasteiger partial charge in [0.1, 0.15) is 0 Å². The van der Waals surface area contributed by atoms with Gasteiger partial charge in [-0.3, -0.25) is 4.79 Å². The second-order valence-electron chi connectivity index (χ2n) is 4.23. The van der Waals surface area contributed by atoms with Gasteiger partial charge in [-0.1, -0.05) is 27.7 Å². The van der Waals surface area contributed by atoms with Gasteiger partial charge < -0.3 is 4.74 Å². The number of rotatable bonds is 5. The lowest BCUT2D eigenvalue weighted by molar-refractivity contribution is -0.150.